The van der Waals surface area contributed by atoms with Crippen molar-refractivity contribution < 1.29 is 14.3 Å². The molecule has 0 aromatic heterocycles. The minimum Gasteiger partial charge on any atom is -0.491 e. The van der Waals surface area contributed by atoms with Crippen molar-refractivity contribution in [2.24, 2.45) is 11.3 Å². The van der Waals surface area contributed by atoms with Crippen molar-refractivity contribution in [1.82, 2.24) is 9.80 Å². The molecule has 2 saturated carbocycles. The first-order valence-electron chi connectivity index (χ1n) is 13.3. The van der Waals surface area contributed by atoms with Crippen LogP contribution < -0.4 is 4.74 Å². The van der Waals surface area contributed by atoms with Gasteiger partial charge in [0, 0.05) is 27.2 Å². The number of hydrogen-bond donors (Lipinski definition) is 0. The van der Waals surface area contributed by atoms with E-state index in [1.165, 1.54) is 16.9 Å². The summed E-state index contributed by atoms with van der Waals surface area (Å²) in [4.78, 5) is 29.5. The van der Waals surface area contributed by atoms with Crippen LogP contribution in [0.15, 0.2) is 48.5 Å². The number of benzene rings is 2. The lowest BCUT2D eigenvalue weighted by Gasteiger charge is -2.46. The normalized spacial score (nSPS) is 22.4. The van der Waals surface area contributed by atoms with E-state index < -0.39 is 0 Å². The smallest absolute Gasteiger partial charge is 0.254 e. The van der Waals surface area contributed by atoms with Crippen LogP contribution in [0.3, 0.4) is 0 Å². The molecule has 1 aliphatic heterocycles. The van der Waals surface area contributed by atoms with Crippen LogP contribution in [0.1, 0.15) is 67.8 Å². The first-order chi connectivity index (χ1) is 17.2. The molecule has 5 rings (SSSR count). The molecule has 2 atom stereocenters. The monoisotopic (exact) mass is 508 g/mol. The molecule has 1 saturated heterocycles. The Balaban J connectivity index is 1.13. The quantitative estimate of drug-likeness (QED) is 0.464. The highest BCUT2D eigenvalue weighted by atomic mass is 35.5. The number of rotatable bonds is 7. The maximum absolute atomic E-state index is 13.6. The van der Waals surface area contributed by atoms with Crippen LogP contribution in [0.5, 0.6) is 5.75 Å². The minimum absolute atomic E-state index is 0.0665. The molecule has 2 aromatic rings. The summed E-state index contributed by atoms with van der Waals surface area (Å²) in [5.41, 5.74) is 1.76. The van der Waals surface area contributed by atoms with E-state index in [9.17, 15) is 9.59 Å². The molecule has 0 radical (unpaired) electrons. The van der Waals surface area contributed by atoms with Crippen LogP contribution in [-0.4, -0.2) is 54.9 Å². The van der Waals surface area contributed by atoms with E-state index in [1.807, 2.05) is 12.1 Å². The summed E-state index contributed by atoms with van der Waals surface area (Å²) >= 11 is 6.35. The lowest BCUT2D eigenvalue weighted by Crippen LogP contribution is -2.53. The number of carbonyl (C=O) groups is 2. The van der Waals surface area contributed by atoms with Crippen LogP contribution >= 0.6 is 11.6 Å². The SMILES string of the molecule is C[C@H](C[C@H]1CC12CCN(C(=O)C1(c3ccccc3)CCC1)CC2)Oc1ccc(C(=O)N(C)C)c(Cl)c1. The van der Waals surface area contributed by atoms with E-state index in [4.69, 9.17) is 16.3 Å². The van der Waals surface area contributed by atoms with Gasteiger partial charge in [0.25, 0.3) is 5.91 Å². The summed E-state index contributed by atoms with van der Waals surface area (Å²) in [5.74, 6) is 1.57. The lowest BCUT2D eigenvalue weighted by molar-refractivity contribution is -0.142. The van der Waals surface area contributed by atoms with Gasteiger partial charge in [-0.25, -0.2) is 0 Å². The van der Waals surface area contributed by atoms with Gasteiger partial charge in [0.2, 0.25) is 5.91 Å². The molecular formula is C30H37ClN2O3. The van der Waals surface area contributed by atoms with Crippen LogP contribution in [0, 0.1) is 11.3 Å². The van der Waals surface area contributed by atoms with Crippen LogP contribution in [0.2, 0.25) is 5.02 Å². The van der Waals surface area contributed by atoms with Crippen LogP contribution in [0.4, 0.5) is 0 Å². The van der Waals surface area contributed by atoms with Gasteiger partial charge in [-0.3, -0.25) is 9.59 Å². The predicted octanol–water partition coefficient (Wildman–Crippen LogP) is 5.95. The molecule has 2 amide bonds. The average molecular weight is 509 g/mol. The van der Waals surface area contributed by atoms with Gasteiger partial charge in [-0.15, -0.1) is 0 Å². The molecular weight excluding hydrogens is 472 g/mol. The number of piperidine rings is 1. The van der Waals surface area contributed by atoms with E-state index in [0.717, 1.165) is 51.6 Å². The molecule has 3 fully saturated rings. The summed E-state index contributed by atoms with van der Waals surface area (Å²) in [6, 6.07) is 15.7. The first-order valence-corrected chi connectivity index (χ1v) is 13.6. The van der Waals surface area contributed by atoms with Crippen molar-refractivity contribution in [3.63, 3.8) is 0 Å². The highest BCUT2D eigenvalue weighted by molar-refractivity contribution is 6.34. The third-order valence-corrected chi connectivity index (χ3v) is 9.19. The van der Waals surface area contributed by atoms with Crippen molar-refractivity contribution >= 4 is 23.4 Å². The number of hydrogen-bond acceptors (Lipinski definition) is 3. The summed E-state index contributed by atoms with van der Waals surface area (Å²) in [6.07, 6.45) is 7.56. The van der Waals surface area contributed by atoms with Gasteiger partial charge in [-0.2, -0.15) is 0 Å². The van der Waals surface area contributed by atoms with Gasteiger partial charge in [-0.05, 0) is 80.5 Å². The van der Waals surface area contributed by atoms with Gasteiger partial charge in [0.15, 0.2) is 0 Å². The predicted molar refractivity (Wildman–Crippen MR) is 143 cm³/mol. The zero-order chi connectivity index (χ0) is 25.5. The molecule has 1 heterocycles. The third-order valence-electron chi connectivity index (χ3n) is 8.88. The Bertz CT molecular complexity index is 1120. The van der Waals surface area contributed by atoms with Gasteiger partial charge >= 0.3 is 0 Å². The molecule has 0 unspecified atom stereocenters. The maximum atomic E-state index is 13.6. The molecule has 1 spiro atoms. The largest absolute Gasteiger partial charge is 0.491 e. The molecule has 0 N–H and O–H groups in total. The number of nitrogens with zero attached hydrogens (tertiary/aromatic N) is 2. The van der Waals surface area contributed by atoms with Crippen LogP contribution in [0.25, 0.3) is 0 Å². The average Bonchev–Trinajstić information content (AvgIpc) is 3.49. The van der Waals surface area contributed by atoms with E-state index in [1.54, 1.807) is 26.2 Å². The topological polar surface area (TPSA) is 49.9 Å². The van der Waals surface area contributed by atoms with Gasteiger partial charge in [-0.1, -0.05) is 48.4 Å². The molecule has 36 heavy (non-hydrogen) atoms. The number of ether oxygens (including phenoxy) is 1. The van der Waals surface area contributed by atoms with E-state index in [0.29, 0.717) is 33.6 Å². The van der Waals surface area contributed by atoms with E-state index in [2.05, 4.69) is 36.1 Å². The number of carbonyl (C=O) groups excluding carboxylic acids is 2. The summed E-state index contributed by atoms with van der Waals surface area (Å²) in [5, 5.41) is 0.415. The second-order valence-corrected chi connectivity index (χ2v) is 11.8. The second kappa shape index (κ2) is 9.74. The van der Waals surface area contributed by atoms with Gasteiger partial charge < -0.3 is 14.5 Å². The fourth-order valence-corrected chi connectivity index (χ4v) is 6.66. The number of amides is 2. The Hall–Kier alpha value is -2.53. The zero-order valence-corrected chi connectivity index (χ0v) is 22.4. The minimum atomic E-state index is -0.287. The van der Waals surface area contributed by atoms with Crippen molar-refractivity contribution in [2.45, 2.75) is 63.4 Å². The standard InChI is InChI=1S/C30H37ClN2O3/c1-21(36-24-10-11-25(26(31)19-24)27(34)32(2)3)18-23-20-29(23)14-16-33(17-15-29)28(35)30(12-7-13-30)22-8-5-4-6-9-22/h4-6,8-11,19,21,23H,7,12-18,20H2,1-3H3/t21-,23+/m1/s1. The molecule has 2 aliphatic carbocycles. The highest BCUT2D eigenvalue weighted by Crippen LogP contribution is 2.61. The Morgan fingerprint density at radius 1 is 1.08 bits per heavy atom. The Kier molecular flexibility index (Phi) is 6.80. The summed E-state index contributed by atoms with van der Waals surface area (Å²) in [7, 11) is 3.43. The van der Waals surface area contributed by atoms with Crippen molar-refractivity contribution in [3.8, 4) is 5.75 Å². The molecule has 3 aliphatic rings. The summed E-state index contributed by atoms with van der Waals surface area (Å²) < 4.78 is 6.18. The summed E-state index contributed by atoms with van der Waals surface area (Å²) in [6.45, 7) is 3.85. The Morgan fingerprint density at radius 3 is 2.36 bits per heavy atom. The maximum Gasteiger partial charge on any atom is 0.254 e. The fourth-order valence-electron chi connectivity index (χ4n) is 6.41. The van der Waals surface area contributed by atoms with E-state index >= 15 is 0 Å². The highest BCUT2D eigenvalue weighted by Gasteiger charge is 2.56. The third kappa shape index (κ3) is 4.63. The molecule has 2 aromatic carbocycles. The molecule has 192 valence electrons. The zero-order valence-electron chi connectivity index (χ0n) is 21.6. The molecule has 5 nitrogen and oxygen atoms in total. The van der Waals surface area contributed by atoms with Crippen molar-refractivity contribution in [3.05, 3.63) is 64.7 Å². The van der Waals surface area contributed by atoms with E-state index in [-0.39, 0.29) is 17.4 Å². The number of likely N-dealkylation sites (tertiary alicyclic amines) is 1. The van der Waals surface area contributed by atoms with Gasteiger partial charge in [0.05, 0.1) is 22.1 Å². The number of halogens is 1. The van der Waals surface area contributed by atoms with Crippen molar-refractivity contribution in [2.75, 3.05) is 27.2 Å². The first kappa shape index (κ1) is 25.1. The second-order valence-electron chi connectivity index (χ2n) is 11.4. The Labute approximate surface area is 219 Å². The molecule has 6 heteroatoms. The lowest BCUT2D eigenvalue weighted by atomic mass is 9.63. The Morgan fingerprint density at radius 2 is 1.78 bits per heavy atom. The fraction of sp³-hybridized carbons (Fsp3) is 0.533. The molecule has 0 bridgehead atoms. The van der Waals surface area contributed by atoms with Crippen molar-refractivity contribution in [1.29, 1.82) is 0 Å². The van der Waals surface area contributed by atoms with Gasteiger partial charge in [0.1, 0.15) is 5.75 Å². The van der Waals surface area contributed by atoms with Crippen LogP contribution in [-0.2, 0) is 10.2 Å².